The van der Waals surface area contributed by atoms with Crippen LogP contribution in [0.15, 0.2) is 42.5 Å². The predicted octanol–water partition coefficient (Wildman–Crippen LogP) is 4.07. The highest BCUT2D eigenvalue weighted by Crippen LogP contribution is 2.21. The van der Waals surface area contributed by atoms with Gasteiger partial charge in [0.05, 0.1) is 6.61 Å². The molecule has 0 heterocycles. The molecule has 0 aliphatic rings. The number of ether oxygens (including phenoxy) is 2. The number of benzene rings is 2. The van der Waals surface area contributed by atoms with E-state index in [0.717, 1.165) is 34.5 Å². The fourth-order valence-corrected chi connectivity index (χ4v) is 2.84. The van der Waals surface area contributed by atoms with Gasteiger partial charge in [-0.25, -0.2) is 0 Å². The topological polar surface area (TPSA) is 64.6 Å². The van der Waals surface area contributed by atoms with Crippen molar-refractivity contribution in [3.63, 3.8) is 0 Å². The van der Waals surface area contributed by atoms with Crippen molar-refractivity contribution in [1.82, 2.24) is 0 Å². The van der Waals surface area contributed by atoms with E-state index in [1.165, 1.54) is 0 Å². The van der Waals surface area contributed by atoms with Gasteiger partial charge < -0.3 is 14.8 Å². The molecule has 0 atom stereocenters. The standard InChI is InChI=1S/C22H27NO4/c1-4-17-11-8-9-16(3)22(17)23-20(24)15-27-21(25)14-13-18-10-6-7-12-19(18)26-5-2/h6-12H,4-5,13-15H2,1-3H3,(H,23,24). The minimum Gasteiger partial charge on any atom is -0.494 e. The molecule has 27 heavy (non-hydrogen) atoms. The number of hydrogen-bond acceptors (Lipinski definition) is 4. The second kappa shape index (κ2) is 10.4. The Balaban J connectivity index is 1.83. The van der Waals surface area contributed by atoms with E-state index in [-0.39, 0.29) is 18.9 Å². The third kappa shape index (κ3) is 6.13. The number of para-hydroxylation sites is 2. The number of amides is 1. The van der Waals surface area contributed by atoms with Gasteiger partial charge in [-0.05, 0) is 49.4 Å². The van der Waals surface area contributed by atoms with Gasteiger partial charge in [0.1, 0.15) is 5.75 Å². The van der Waals surface area contributed by atoms with E-state index < -0.39 is 5.97 Å². The third-order valence-electron chi connectivity index (χ3n) is 4.24. The van der Waals surface area contributed by atoms with Crippen LogP contribution in [-0.2, 0) is 27.2 Å². The first-order valence-corrected chi connectivity index (χ1v) is 9.29. The number of hydrogen-bond donors (Lipinski definition) is 1. The Bertz CT molecular complexity index is 786. The van der Waals surface area contributed by atoms with Crippen molar-refractivity contribution in [2.45, 2.75) is 40.0 Å². The van der Waals surface area contributed by atoms with Gasteiger partial charge in [0, 0.05) is 12.1 Å². The lowest BCUT2D eigenvalue weighted by Gasteiger charge is -2.13. The fourth-order valence-electron chi connectivity index (χ4n) is 2.84. The molecule has 5 nitrogen and oxygen atoms in total. The summed E-state index contributed by atoms with van der Waals surface area (Å²) in [5, 5.41) is 2.85. The summed E-state index contributed by atoms with van der Waals surface area (Å²) in [6, 6.07) is 13.5. The lowest BCUT2D eigenvalue weighted by atomic mass is 10.1. The SMILES string of the molecule is CCOc1ccccc1CCC(=O)OCC(=O)Nc1c(C)cccc1CC. The van der Waals surface area contributed by atoms with Gasteiger partial charge in [-0.2, -0.15) is 0 Å². The van der Waals surface area contributed by atoms with Crippen LogP contribution in [0.5, 0.6) is 5.75 Å². The molecule has 0 unspecified atom stereocenters. The molecule has 0 aliphatic heterocycles. The summed E-state index contributed by atoms with van der Waals surface area (Å²) in [6.07, 6.45) is 1.52. The molecular formula is C22H27NO4. The molecule has 2 aromatic carbocycles. The second-order valence-electron chi connectivity index (χ2n) is 6.21. The maximum Gasteiger partial charge on any atom is 0.306 e. The van der Waals surface area contributed by atoms with Crippen LogP contribution in [0.2, 0.25) is 0 Å². The van der Waals surface area contributed by atoms with Crippen LogP contribution in [-0.4, -0.2) is 25.1 Å². The summed E-state index contributed by atoms with van der Waals surface area (Å²) in [5.41, 5.74) is 3.80. The quantitative estimate of drug-likeness (QED) is 0.677. The Morgan fingerprint density at radius 1 is 1.00 bits per heavy atom. The van der Waals surface area contributed by atoms with Crippen molar-refractivity contribution < 1.29 is 19.1 Å². The van der Waals surface area contributed by atoms with E-state index in [4.69, 9.17) is 9.47 Å². The van der Waals surface area contributed by atoms with E-state index >= 15 is 0 Å². The van der Waals surface area contributed by atoms with Gasteiger partial charge >= 0.3 is 5.97 Å². The number of nitrogens with one attached hydrogen (secondary N) is 1. The lowest BCUT2D eigenvalue weighted by molar-refractivity contribution is -0.147. The van der Waals surface area contributed by atoms with Gasteiger partial charge in [0.2, 0.25) is 0 Å². The van der Waals surface area contributed by atoms with E-state index in [9.17, 15) is 9.59 Å². The molecule has 2 aromatic rings. The fraction of sp³-hybridized carbons (Fsp3) is 0.364. The van der Waals surface area contributed by atoms with Crippen molar-refractivity contribution in [3.05, 3.63) is 59.2 Å². The molecule has 0 fully saturated rings. The van der Waals surface area contributed by atoms with Gasteiger partial charge in [-0.1, -0.05) is 43.3 Å². The maximum atomic E-state index is 12.1. The molecule has 0 spiro atoms. The van der Waals surface area contributed by atoms with E-state index in [1.807, 2.05) is 63.2 Å². The molecule has 1 amide bonds. The van der Waals surface area contributed by atoms with Gasteiger partial charge in [0.15, 0.2) is 6.61 Å². The average molecular weight is 369 g/mol. The molecule has 0 bridgehead atoms. The molecule has 0 aromatic heterocycles. The Kier molecular flexibility index (Phi) is 7.86. The van der Waals surface area contributed by atoms with E-state index in [2.05, 4.69) is 5.32 Å². The highest BCUT2D eigenvalue weighted by molar-refractivity contribution is 5.94. The summed E-state index contributed by atoms with van der Waals surface area (Å²) in [5.74, 6) is 0.0382. The largest absolute Gasteiger partial charge is 0.494 e. The number of carbonyl (C=O) groups is 2. The van der Waals surface area contributed by atoms with Gasteiger partial charge in [0.25, 0.3) is 5.91 Å². The minimum atomic E-state index is -0.406. The van der Waals surface area contributed by atoms with Gasteiger partial charge in [-0.3, -0.25) is 9.59 Å². The first kappa shape index (κ1) is 20.5. The molecular weight excluding hydrogens is 342 g/mol. The zero-order valence-corrected chi connectivity index (χ0v) is 16.2. The Hall–Kier alpha value is -2.82. The predicted molar refractivity (Wildman–Crippen MR) is 106 cm³/mol. The molecule has 0 saturated carbocycles. The molecule has 5 heteroatoms. The zero-order chi connectivity index (χ0) is 19.6. The second-order valence-corrected chi connectivity index (χ2v) is 6.21. The van der Waals surface area contributed by atoms with E-state index in [0.29, 0.717) is 13.0 Å². The molecule has 0 saturated heterocycles. The Morgan fingerprint density at radius 2 is 1.74 bits per heavy atom. The van der Waals surface area contributed by atoms with Crippen LogP contribution >= 0.6 is 0 Å². The first-order chi connectivity index (χ1) is 13.0. The van der Waals surface area contributed by atoms with Crippen molar-refractivity contribution >= 4 is 17.6 Å². The summed E-state index contributed by atoms with van der Waals surface area (Å²) in [7, 11) is 0. The van der Waals surface area contributed by atoms with Crippen LogP contribution < -0.4 is 10.1 Å². The normalized spacial score (nSPS) is 10.3. The Labute approximate surface area is 160 Å². The Morgan fingerprint density at radius 3 is 2.48 bits per heavy atom. The summed E-state index contributed by atoms with van der Waals surface area (Å²) >= 11 is 0. The van der Waals surface area contributed by atoms with Crippen LogP contribution in [0.1, 0.15) is 37.0 Å². The lowest BCUT2D eigenvalue weighted by Crippen LogP contribution is -2.22. The molecule has 144 valence electrons. The van der Waals surface area contributed by atoms with Crippen molar-refractivity contribution in [2.75, 3.05) is 18.5 Å². The van der Waals surface area contributed by atoms with Crippen molar-refractivity contribution in [2.24, 2.45) is 0 Å². The zero-order valence-electron chi connectivity index (χ0n) is 16.2. The third-order valence-corrected chi connectivity index (χ3v) is 4.24. The number of esters is 1. The van der Waals surface area contributed by atoms with Crippen LogP contribution in [0, 0.1) is 6.92 Å². The smallest absolute Gasteiger partial charge is 0.306 e. The first-order valence-electron chi connectivity index (χ1n) is 9.29. The minimum absolute atomic E-state index is 0.196. The number of aryl methyl sites for hydroxylation is 3. The van der Waals surface area contributed by atoms with Gasteiger partial charge in [-0.15, -0.1) is 0 Å². The van der Waals surface area contributed by atoms with Crippen LogP contribution in [0.4, 0.5) is 5.69 Å². The molecule has 0 radical (unpaired) electrons. The number of rotatable bonds is 9. The number of anilines is 1. The highest BCUT2D eigenvalue weighted by Gasteiger charge is 2.12. The highest BCUT2D eigenvalue weighted by atomic mass is 16.5. The van der Waals surface area contributed by atoms with E-state index in [1.54, 1.807) is 0 Å². The monoisotopic (exact) mass is 369 g/mol. The summed E-state index contributed by atoms with van der Waals surface area (Å²) in [6.45, 7) is 6.17. The number of carbonyl (C=O) groups excluding carboxylic acids is 2. The average Bonchev–Trinajstić information content (AvgIpc) is 2.67. The molecule has 1 N–H and O–H groups in total. The molecule has 0 aliphatic carbocycles. The summed E-state index contributed by atoms with van der Waals surface area (Å²) < 4.78 is 10.7. The van der Waals surface area contributed by atoms with Crippen LogP contribution in [0.25, 0.3) is 0 Å². The summed E-state index contributed by atoms with van der Waals surface area (Å²) in [4.78, 5) is 24.1. The van der Waals surface area contributed by atoms with Crippen molar-refractivity contribution in [3.8, 4) is 5.75 Å². The van der Waals surface area contributed by atoms with Crippen LogP contribution in [0.3, 0.4) is 0 Å². The van der Waals surface area contributed by atoms with Crippen molar-refractivity contribution in [1.29, 1.82) is 0 Å². The maximum absolute atomic E-state index is 12.1. The molecule has 2 rings (SSSR count).